The SMILES string of the molecule is [C-]#[N+]c1ccc2oc3ccc(-c4cccc(-c5nc(-c6ccccc6)nc(-c6ccccc6)n5)c4)cc3c2c1. The van der Waals surface area contributed by atoms with Gasteiger partial charge in [-0.2, -0.15) is 0 Å². The second-order valence-corrected chi connectivity index (χ2v) is 9.22. The first kappa shape index (κ1) is 22.6. The van der Waals surface area contributed by atoms with Crippen molar-refractivity contribution in [1.82, 2.24) is 15.0 Å². The third-order valence-corrected chi connectivity index (χ3v) is 6.74. The molecule has 0 spiro atoms. The van der Waals surface area contributed by atoms with Gasteiger partial charge in [-0.05, 0) is 41.5 Å². The molecule has 2 heterocycles. The van der Waals surface area contributed by atoms with Gasteiger partial charge in [0.25, 0.3) is 0 Å². The standard InChI is InChI=1S/C34H20N4O/c1-35-27-16-18-31-29(21-27)28-20-25(15-17-30(28)39-31)24-13-8-14-26(19-24)34-37-32(22-9-4-2-5-10-22)36-33(38-34)23-11-6-3-7-12-23/h2-21H. The minimum absolute atomic E-state index is 0.593. The summed E-state index contributed by atoms with van der Waals surface area (Å²) in [5.74, 6) is 1.87. The quantitative estimate of drug-likeness (QED) is 0.226. The summed E-state index contributed by atoms with van der Waals surface area (Å²) in [7, 11) is 0. The molecule has 182 valence electrons. The molecule has 0 aliphatic carbocycles. The highest BCUT2D eigenvalue weighted by Crippen LogP contribution is 2.35. The van der Waals surface area contributed by atoms with Gasteiger partial charge in [-0.25, -0.2) is 19.8 Å². The summed E-state index contributed by atoms with van der Waals surface area (Å²) in [5, 5.41) is 1.92. The van der Waals surface area contributed by atoms with E-state index < -0.39 is 0 Å². The summed E-state index contributed by atoms with van der Waals surface area (Å²) in [5.41, 5.74) is 7.01. The van der Waals surface area contributed by atoms with E-state index in [4.69, 9.17) is 25.9 Å². The van der Waals surface area contributed by atoms with Crippen molar-refractivity contribution < 1.29 is 4.42 Å². The van der Waals surface area contributed by atoms with Crippen LogP contribution in [0.2, 0.25) is 0 Å². The van der Waals surface area contributed by atoms with Crippen molar-refractivity contribution in [1.29, 1.82) is 0 Å². The van der Waals surface area contributed by atoms with Crippen molar-refractivity contribution in [3.8, 4) is 45.3 Å². The minimum Gasteiger partial charge on any atom is -0.456 e. The molecule has 0 aliphatic rings. The minimum atomic E-state index is 0.593. The van der Waals surface area contributed by atoms with Crippen molar-refractivity contribution in [3.63, 3.8) is 0 Å². The molecule has 0 unspecified atom stereocenters. The Morgan fingerprint density at radius 2 is 0.974 bits per heavy atom. The van der Waals surface area contributed by atoms with E-state index >= 15 is 0 Å². The van der Waals surface area contributed by atoms with E-state index in [0.717, 1.165) is 49.8 Å². The number of nitrogens with zero attached hydrogens (tertiary/aromatic N) is 4. The van der Waals surface area contributed by atoms with Crippen LogP contribution in [-0.2, 0) is 0 Å². The lowest BCUT2D eigenvalue weighted by molar-refractivity contribution is 0.669. The van der Waals surface area contributed by atoms with Gasteiger partial charge in [-0.15, -0.1) is 0 Å². The lowest BCUT2D eigenvalue weighted by Crippen LogP contribution is -2.00. The molecule has 5 heteroatoms. The molecule has 2 aromatic heterocycles. The van der Waals surface area contributed by atoms with Crippen LogP contribution < -0.4 is 0 Å². The third-order valence-electron chi connectivity index (χ3n) is 6.74. The van der Waals surface area contributed by atoms with Gasteiger partial charge in [0.2, 0.25) is 0 Å². The summed E-state index contributed by atoms with van der Waals surface area (Å²) in [6.45, 7) is 7.38. The van der Waals surface area contributed by atoms with E-state index in [2.05, 4.69) is 29.1 Å². The fourth-order valence-corrected chi connectivity index (χ4v) is 4.79. The zero-order valence-corrected chi connectivity index (χ0v) is 20.7. The summed E-state index contributed by atoms with van der Waals surface area (Å²) >= 11 is 0. The summed E-state index contributed by atoms with van der Waals surface area (Å²) in [6.07, 6.45) is 0. The van der Waals surface area contributed by atoms with Crippen LogP contribution in [0.25, 0.3) is 72.1 Å². The normalized spacial score (nSPS) is 11.1. The van der Waals surface area contributed by atoms with Crippen LogP contribution >= 0.6 is 0 Å². The van der Waals surface area contributed by atoms with E-state index in [1.807, 2.05) is 91.0 Å². The van der Waals surface area contributed by atoms with E-state index in [1.165, 1.54) is 0 Å². The Balaban J connectivity index is 1.36. The first-order chi connectivity index (χ1) is 19.2. The Morgan fingerprint density at radius 3 is 1.62 bits per heavy atom. The second kappa shape index (κ2) is 9.37. The number of hydrogen-bond donors (Lipinski definition) is 0. The van der Waals surface area contributed by atoms with Crippen LogP contribution in [0.4, 0.5) is 5.69 Å². The molecule has 0 atom stereocenters. The van der Waals surface area contributed by atoms with Crippen molar-refractivity contribution in [2.45, 2.75) is 0 Å². The summed E-state index contributed by atoms with van der Waals surface area (Å²) in [6, 6.07) is 39.8. The van der Waals surface area contributed by atoms with Crippen LogP contribution in [0, 0.1) is 6.57 Å². The Morgan fingerprint density at radius 1 is 0.462 bits per heavy atom. The highest BCUT2D eigenvalue weighted by molar-refractivity contribution is 6.07. The maximum Gasteiger partial charge on any atom is 0.188 e. The van der Waals surface area contributed by atoms with Gasteiger partial charge in [0.15, 0.2) is 23.2 Å². The summed E-state index contributed by atoms with van der Waals surface area (Å²) in [4.78, 5) is 18.1. The number of rotatable bonds is 4. The lowest BCUT2D eigenvalue weighted by atomic mass is 10.0. The van der Waals surface area contributed by atoms with Gasteiger partial charge >= 0.3 is 0 Å². The van der Waals surface area contributed by atoms with Crippen LogP contribution in [0.5, 0.6) is 0 Å². The second-order valence-electron chi connectivity index (χ2n) is 9.22. The zero-order chi connectivity index (χ0) is 26.2. The summed E-state index contributed by atoms with van der Waals surface area (Å²) < 4.78 is 6.02. The Bertz CT molecular complexity index is 1960. The Kier molecular flexibility index (Phi) is 5.42. The van der Waals surface area contributed by atoms with Gasteiger partial charge in [-0.1, -0.05) is 91.0 Å². The maximum absolute atomic E-state index is 7.38. The maximum atomic E-state index is 7.38. The predicted molar refractivity (Wildman–Crippen MR) is 155 cm³/mol. The number of fused-ring (bicyclic) bond motifs is 3. The van der Waals surface area contributed by atoms with E-state index in [1.54, 1.807) is 6.07 Å². The van der Waals surface area contributed by atoms with E-state index in [-0.39, 0.29) is 0 Å². The van der Waals surface area contributed by atoms with Crippen LogP contribution in [0.1, 0.15) is 0 Å². The number of hydrogen-bond acceptors (Lipinski definition) is 4. The van der Waals surface area contributed by atoms with E-state index in [9.17, 15) is 0 Å². The number of aromatic nitrogens is 3. The first-order valence-corrected chi connectivity index (χ1v) is 12.6. The van der Waals surface area contributed by atoms with Crippen LogP contribution in [-0.4, -0.2) is 15.0 Å². The first-order valence-electron chi connectivity index (χ1n) is 12.6. The van der Waals surface area contributed by atoms with Gasteiger partial charge in [0.05, 0.1) is 6.57 Å². The highest BCUT2D eigenvalue weighted by Gasteiger charge is 2.14. The molecule has 0 fully saturated rings. The molecule has 0 saturated carbocycles. The van der Waals surface area contributed by atoms with Crippen LogP contribution in [0.15, 0.2) is 126 Å². The fraction of sp³-hybridized carbons (Fsp3) is 0. The molecule has 0 aliphatic heterocycles. The van der Waals surface area contributed by atoms with Crippen molar-refractivity contribution in [2.75, 3.05) is 0 Å². The van der Waals surface area contributed by atoms with Crippen molar-refractivity contribution in [2.24, 2.45) is 0 Å². The molecule has 0 bridgehead atoms. The Hall–Kier alpha value is -5.60. The average Bonchev–Trinajstić information content (AvgIpc) is 3.39. The topological polar surface area (TPSA) is 56.2 Å². The van der Waals surface area contributed by atoms with Crippen molar-refractivity contribution >= 4 is 27.6 Å². The molecule has 39 heavy (non-hydrogen) atoms. The largest absolute Gasteiger partial charge is 0.456 e. The van der Waals surface area contributed by atoms with Gasteiger partial charge in [0, 0.05) is 27.5 Å². The molecule has 0 amide bonds. The molecule has 5 nitrogen and oxygen atoms in total. The molecule has 7 rings (SSSR count). The molecule has 7 aromatic rings. The molecule has 5 aromatic carbocycles. The molecule has 0 radical (unpaired) electrons. The van der Waals surface area contributed by atoms with E-state index in [0.29, 0.717) is 23.2 Å². The molecular weight excluding hydrogens is 480 g/mol. The fourth-order valence-electron chi connectivity index (χ4n) is 4.79. The van der Waals surface area contributed by atoms with Gasteiger partial charge < -0.3 is 4.42 Å². The predicted octanol–water partition coefficient (Wildman–Crippen LogP) is 8.99. The highest BCUT2D eigenvalue weighted by atomic mass is 16.3. The Labute approximate surface area is 224 Å². The van der Waals surface area contributed by atoms with Gasteiger partial charge in [0.1, 0.15) is 11.2 Å². The average molecular weight is 501 g/mol. The molecule has 0 saturated heterocycles. The monoisotopic (exact) mass is 500 g/mol. The molecule has 0 N–H and O–H groups in total. The smallest absolute Gasteiger partial charge is 0.188 e. The van der Waals surface area contributed by atoms with Crippen LogP contribution in [0.3, 0.4) is 0 Å². The zero-order valence-electron chi connectivity index (χ0n) is 20.7. The number of benzene rings is 5. The third kappa shape index (κ3) is 4.20. The number of furan rings is 1. The lowest BCUT2D eigenvalue weighted by Gasteiger charge is -2.09. The van der Waals surface area contributed by atoms with Gasteiger partial charge in [-0.3, -0.25) is 0 Å². The molecular formula is C34H20N4O. The van der Waals surface area contributed by atoms with Crippen molar-refractivity contribution in [3.05, 3.63) is 133 Å².